The molecule has 0 bridgehead atoms. The van der Waals surface area contributed by atoms with E-state index in [4.69, 9.17) is 23.8 Å². The first kappa shape index (κ1) is 14.8. The van der Waals surface area contributed by atoms with Gasteiger partial charge in [0.05, 0.1) is 7.05 Å². The van der Waals surface area contributed by atoms with Crippen LogP contribution in [0.3, 0.4) is 0 Å². The molecule has 0 radical (unpaired) electrons. The number of benzene rings is 1. The van der Waals surface area contributed by atoms with Crippen molar-refractivity contribution in [3.8, 4) is 0 Å². The SMILES string of the molecule is Cc1nn(C[NH+](C)Cc2ccc(Cl)cc2)c(=S)n1C1CC1. The van der Waals surface area contributed by atoms with Crippen LogP contribution in [0.4, 0.5) is 0 Å². The van der Waals surface area contributed by atoms with Crippen LogP contribution in [0.1, 0.15) is 30.3 Å². The number of nitrogens with zero attached hydrogens (tertiary/aromatic N) is 3. The Bertz CT molecular complexity index is 685. The summed E-state index contributed by atoms with van der Waals surface area (Å²) >= 11 is 11.5. The van der Waals surface area contributed by atoms with Crippen molar-refractivity contribution in [2.24, 2.45) is 0 Å². The lowest BCUT2D eigenvalue weighted by Gasteiger charge is -2.13. The molecule has 2 aromatic rings. The summed E-state index contributed by atoms with van der Waals surface area (Å²) in [5, 5.41) is 5.38. The smallest absolute Gasteiger partial charge is 0.203 e. The van der Waals surface area contributed by atoms with E-state index >= 15 is 0 Å². The van der Waals surface area contributed by atoms with Crippen molar-refractivity contribution in [2.45, 2.75) is 39.0 Å². The van der Waals surface area contributed by atoms with Crippen LogP contribution >= 0.6 is 23.8 Å². The van der Waals surface area contributed by atoms with Crippen LogP contribution in [0.15, 0.2) is 24.3 Å². The number of aryl methyl sites for hydroxylation is 1. The van der Waals surface area contributed by atoms with Gasteiger partial charge in [-0.3, -0.25) is 0 Å². The van der Waals surface area contributed by atoms with Gasteiger partial charge in [0.2, 0.25) is 4.77 Å². The molecule has 1 N–H and O–H groups in total. The standard InChI is InChI=1S/C15H19ClN4S/c1-11-17-19(15(21)20(11)14-7-8-14)10-18(2)9-12-3-5-13(16)6-4-12/h3-6,14H,7-10H2,1-2H3/p+1. The van der Waals surface area contributed by atoms with Crippen LogP contribution in [-0.2, 0) is 13.2 Å². The van der Waals surface area contributed by atoms with E-state index in [1.807, 2.05) is 23.7 Å². The van der Waals surface area contributed by atoms with E-state index in [-0.39, 0.29) is 0 Å². The Labute approximate surface area is 134 Å². The van der Waals surface area contributed by atoms with Gasteiger partial charge in [0, 0.05) is 16.6 Å². The maximum absolute atomic E-state index is 5.92. The van der Waals surface area contributed by atoms with Gasteiger partial charge in [0.15, 0.2) is 6.67 Å². The lowest BCUT2D eigenvalue weighted by atomic mass is 10.2. The minimum absolute atomic E-state index is 0.586. The van der Waals surface area contributed by atoms with Crippen LogP contribution in [0, 0.1) is 11.7 Å². The topological polar surface area (TPSA) is 27.2 Å². The second-order valence-electron chi connectivity index (χ2n) is 5.85. The Balaban J connectivity index is 1.70. The van der Waals surface area contributed by atoms with Gasteiger partial charge in [0.25, 0.3) is 0 Å². The molecule has 6 heteroatoms. The Morgan fingerprint density at radius 3 is 2.62 bits per heavy atom. The molecule has 0 aliphatic heterocycles. The van der Waals surface area contributed by atoms with E-state index in [1.54, 1.807) is 0 Å². The predicted molar refractivity (Wildman–Crippen MR) is 86.1 cm³/mol. The van der Waals surface area contributed by atoms with Gasteiger partial charge in [0.1, 0.15) is 12.4 Å². The summed E-state index contributed by atoms with van der Waals surface area (Å²) in [6.45, 7) is 3.75. The van der Waals surface area contributed by atoms with Crippen LogP contribution in [-0.4, -0.2) is 21.4 Å². The molecule has 21 heavy (non-hydrogen) atoms. The Kier molecular flexibility index (Phi) is 4.15. The zero-order chi connectivity index (χ0) is 15.0. The molecule has 4 nitrogen and oxygen atoms in total. The first-order valence-corrected chi connectivity index (χ1v) is 8.05. The molecule has 1 heterocycles. The fraction of sp³-hybridized carbons (Fsp3) is 0.467. The number of quaternary nitrogens is 1. The van der Waals surface area contributed by atoms with Gasteiger partial charge in [-0.25, -0.2) is 0 Å². The molecule has 1 aromatic carbocycles. The third-order valence-electron chi connectivity index (χ3n) is 3.79. The first-order chi connectivity index (χ1) is 10.0. The molecule has 0 amide bonds. The molecular weight excluding hydrogens is 304 g/mol. The lowest BCUT2D eigenvalue weighted by molar-refractivity contribution is -0.917. The van der Waals surface area contributed by atoms with E-state index < -0.39 is 0 Å². The Morgan fingerprint density at radius 2 is 2.00 bits per heavy atom. The van der Waals surface area contributed by atoms with Crippen LogP contribution in [0.25, 0.3) is 0 Å². The zero-order valence-corrected chi connectivity index (χ0v) is 13.9. The van der Waals surface area contributed by atoms with Crippen molar-refractivity contribution in [1.29, 1.82) is 0 Å². The molecule has 1 aliphatic rings. The van der Waals surface area contributed by atoms with E-state index in [9.17, 15) is 0 Å². The highest BCUT2D eigenvalue weighted by molar-refractivity contribution is 7.71. The fourth-order valence-electron chi connectivity index (χ4n) is 2.65. The largest absolute Gasteiger partial charge is 0.315 e. The number of halogens is 1. The Morgan fingerprint density at radius 1 is 1.33 bits per heavy atom. The van der Waals surface area contributed by atoms with Crippen molar-refractivity contribution in [3.63, 3.8) is 0 Å². The van der Waals surface area contributed by atoms with Gasteiger partial charge in [-0.05, 0) is 44.1 Å². The molecule has 1 aliphatic carbocycles. The van der Waals surface area contributed by atoms with E-state index in [0.717, 1.165) is 28.8 Å². The average molecular weight is 324 g/mol. The average Bonchev–Trinajstić information content (AvgIpc) is 3.21. The second kappa shape index (κ2) is 5.91. The van der Waals surface area contributed by atoms with E-state index in [2.05, 4.69) is 28.8 Å². The van der Waals surface area contributed by atoms with Gasteiger partial charge in [-0.2, -0.15) is 9.78 Å². The minimum atomic E-state index is 0.586. The fourth-order valence-corrected chi connectivity index (χ4v) is 3.16. The minimum Gasteiger partial charge on any atom is -0.315 e. The van der Waals surface area contributed by atoms with Crippen molar-refractivity contribution in [2.75, 3.05) is 7.05 Å². The summed E-state index contributed by atoms with van der Waals surface area (Å²) in [7, 11) is 2.15. The van der Waals surface area contributed by atoms with Crippen molar-refractivity contribution in [1.82, 2.24) is 14.3 Å². The second-order valence-corrected chi connectivity index (χ2v) is 6.65. The summed E-state index contributed by atoms with van der Waals surface area (Å²) in [4.78, 5) is 1.34. The maximum atomic E-state index is 5.92. The molecule has 1 unspecified atom stereocenters. The molecular formula is C15H20ClN4S+. The molecule has 1 fully saturated rings. The molecule has 1 aromatic heterocycles. The van der Waals surface area contributed by atoms with Crippen LogP contribution in [0.2, 0.25) is 5.02 Å². The first-order valence-electron chi connectivity index (χ1n) is 7.26. The van der Waals surface area contributed by atoms with Crippen LogP contribution in [0.5, 0.6) is 0 Å². The quantitative estimate of drug-likeness (QED) is 0.855. The van der Waals surface area contributed by atoms with Crippen molar-refractivity contribution in [3.05, 3.63) is 45.4 Å². The van der Waals surface area contributed by atoms with Crippen molar-refractivity contribution < 1.29 is 4.90 Å². The normalized spacial score (nSPS) is 16.1. The number of nitrogens with one attached hydrogen (secondary N) is 1. The zero-order valence-electron chi connectivity index (χ0n) is 12.3. The number of hydrogen-bond acceptors (Lipinski definition) is 2. The third-order valence-corrected chi connectivity index (χ3v) is 4.45. The summed E-state index contributed by atoms with van der Waals surface area (Å²) in [5.41, 5.74) is 1.27. The molecule has 3 rings (SSSR count). The van der Waals surface area contributed by atoms with Crippen LogP contribution < -0.4 is 4.90 Å². The summed E-state index contributed by atoms with van der Waals surface area (Å²) in [6, 6.07) is 8.59. The van der Waals surface area contributed by atoms with Gasteiger partial charge in [-0.1, -0.05) is 23.7 Å². The monoisotopic (exact) mass is 323 g/mol. The summed E-state index contributed by atoms with van der Waals surface area (Å²) in [5.74, 6) is 1.03. The molecule has 0 spiro atoms. The summed E-state index contributed by atoms with van der Waals surface area (Å²) < 4.78 is 5.00. The van der Waals surface area contributed by atoms with E-state index in [0.29, 0.717) is 6.04 Å². The predicted octanol–water partition coefficient (Wildman–Crippen LogP) is 2.38. The van der Waals surface area contributed by atoms with E-state index in [1.165, 1.54) is 23.3 Å². The Hall–Kier alpha value is -1.17. The maximum Gasteiger partial charge on any atom is 0.203 e. The molecule has 0 saturated heterocycles. The molecule has 1 atom stereocenters. The molecule has 112 valence electrons. The third kappa shape index (κ3) is 3.36. The highest BCUT2D eigenvalue weighted by atomic mass is 35.5. The number of aromatic nitrogens is 3. The van der Waals surface area contributed by atoms with Gasteiger partial charge < -0.3 is 9.47 Å². The highest BCUT2D eigenvalue weighted by Crippen LogP contribution is 2.35. The highest BCUT2D eigenvalue weighted by Gasteiger charge is 2.27. The lowest BCUT2D eigenvalue weighted by Crippen LogP contribution is -3.07. The number of rotatable bonds is 5. The summed E-state index contributed by atoms with van der Waals surface area (Å²) in [6.07, 6.45) is 2.46. The number of hydrogen-bond donors (Lipinski definition) is 1. The van der Waals surface area contributed by atoms with Crippen molar-refractivity contribution >= 4 is 23.8 Å². The van der Waals surface area contributed by atoms with Gasteiger partial charge >= 0.3 is 0 Å². The van der Waals surface area contributed by atoms with Gasteiger partial charge in [-0.15, -0.1) is 0 Å². The molecule has 1 saturated carbocycles.